The van der Waals surface area contributed by atoms with Crippen LogP contribution in [-0.4, -0.2) is 34.8 Å². The summed E-state index contributed by atoms with van der Waals surface area (Å²) in [7, 11) is 0. The molecule has 2 unspecified atom stereocenters. The average Bonchev–Trinajstić information content (AvgIpc) is 2.35. The second-order valence-corrected chi connectivity index (χ2v) is 5.37. The van der Waals surface area contributed by atoms with Crippen LogP contribution in [0.15, 0.2) is 0 Å². The predicted molar refractivity (Wildman–Crippen MR) is 72.2 cm³/mol. The molecule has 2 amide bonds. The molecule has 104 valence electrons. The maximum Gasteiger partial charge on any atom is 0.246 e. The molecule has 0 aromatic heterocycles. The monoisotopic (exact) mass is 254 g/mol. The Balaban J connectivity index is 2.73. The zero-order valence-electron chi connectivity index (χ0n) is 12.1. The molecule has 1 N–H and O–H groups in total. The van der Waals surface area contributed by atoms with E-state index in [1.807, 2.05) is 13.8 Å². The van der Waals surface area contributed by atoms with E-state index in [-0.39, 0.29) is 17.9 Å². The van der Waals surface area contributed by atoms with Crippen LogP contribution in [0, 0.1) is 0 Å². The van der Waals surface area contributed by atoms with E-state index in [4.69, 9.17) is 0 Å². The molecule has 4 heteroatoms. The van der Waals surface area contributed by atoms with Gasteiger partial charge in [0.05, 0.1) is 0 Å². The lowest BCUT2D eigenvalue weighted by Gasteiger charge is -2.45. The van der Waals surface area contributed by atoms with Gasteiger partial charge in [-0.25, -0.2) is 0 Å². The number of hydrogen-bond donors (Lipinski definition) is 1. The summed E-state index contributed by atoms with van der Waals surface area (Å²) in [5.74, 6) is 0.0306. The summed E-state index contributed by atoms with van der Waals surface area (Å²) in [6, 6.07) is -0.386. The molecule has 2 atom stereocenters. The van der Waals surface area contributed by atoms with Gasteiger partial charge in [-0.15, -0.1) is 0 Å². The average molecular weight is 254 g/mol. The van der Waals surface area contributed by atoms with Crippen molar-refractivity contribution in [2.24, 2.45) is 0 Å². The normalized spacial score (nSPS) is 28.4. The van der Waals surface area contributed by atoms with Crippen LogP contribution in [0.3, 0.4) is 0 Å². The van der Waals surface area contributed by atoms with Crippen molar-refractivity contribution in [3.05, 3.63) is 0 Å². The molecule has 18 heavy (non-hydrogen) atoms. The highest BCUT2D eigenvalue weighted by molar-refractivity contribution is 5.99. The Hall–Kier alpha value is -1.06. The number of amides is 2. The highest BCUT2D eigenvalue weighted by atomic mass is 16.2. The SMILES string of the molecule is CCCCCCN1C(=O)C(C)NC(=O)C1(C)CC. The Morgan fingerprint density at radius 2 is 1.89 bits per heavy atom. The van der Waals surface area contributed by atoms with E-state index in [0.717, 1.165) is 12.8 Å². The Morgan fingerprint density at radius 1 is 1.22 bits per heavy atom. The summed E-state index contributed by atoms with van der Waals surface area (Å²) < 4.78 is 0. The molecule has 1 aliphatic rings. The quantitative estimate of drug-likeness (QED) is 0.738. The smallest absolute Gasteiger partial charge is 0.246 e. The standard InChI is InChI=1S/C14H26N2O2/c1-5-7-8-9-10-16-12(17)11(3)15-13(18)14(16,4)6-2/h11H,5-10H2,1-4H3,(H,15,18). The zero-order chi connectivity index (χ0) is 13.8. The molecular formula is C14H26N2O2. The van der Waals surface area contributed by atoms with Crippen LogP contribution in [0.2, 0.25) is 0 Å². The van der Waals surface area contributed by atoms with E-state index >= 15 is 0 Å². The fourth-order valence-corrected chi connectivity index (χ4v) is 2.42. The molecule has 0 spiro atoms. The van der Waals surface area contributed by atoms with Crippen molar-refractivity contribution in [1.82, 2.24) is 10.2 Å². The summed E-state index contributed by atoms with van der Waals surface area (Å²) in [6.07, 6.45) is 5.12. The van der Waals surface area contributed by atoms with Gasteiger partial charge in [0, 0.05) is 6.54 Å². The van der Waals surface area contributed by atoms with Gasteiger partial charge in [0.25, 0.3) is 0 Å². The largest absolute Gasteiger partial charge is 0.343 e. The van der Waals surface area contributed by atoms with Gasteiger partial charge in [-0.1, -0.05) is 33.1 Å². The molecule has 1 heterocycles. The minimum Gasteiger partial charge on any atom is -0.343 e. The lowest BCUT2D eigenvalue weighted by molar-refractivity contribution is -0.156. The van der Waals surface area contributed by atoms with Crippen molar-refractivity contribution in [2.45, 2.75) is 71.4 Å². The fraction of sp³-hybridized carbons (Fsp3) is 0.857. The molecule has 1 saturated heterocycles. The summed E-state index contributed by atoms with van der Waals surface area (Å²) in [4.78, 5) is 26.1. The molecule has 0 aromatic carbocycles. The molecular weight excluding hydrogens is 228 g/mol. The lowest BCUT2D eigenvalue weighted by Crippen LogP contribution is -2.68. The van der Waals surface area contributed by atoms with Crippen molar-refractivity contribution < 1.29 is 9.59 Å². The van der Waals surface area contributed by atoms with E-state index in [2.05, 4.69) is 12.2 Å². The summed E-state index contributed by atoms with van der Waals surface area (Å²) >= 11 is 0. The van der Waals surface area contributed by atoms with E-state index in [1.165, 1.54) is 12.8 Å². The number of unbranched alkanes of at least 4 members (excludes halogenated alkanes) is 3. The Kier molecular flexibility index (Phi) is 5.17. The van der Waals surface area contributed by atoms with Gasteiger partial charge < -0.3 is 10.2 Å². The summed E-state index contributed by atoms with van der Waals surface area (Å²) in [5, 5.41) is 2.77. The van der Waals surface area contributed by atoms with Crippen molar-refractivity contribution in [3.63, 3.8) is 0 Å². The number of nitrogens with zero attached hydrogens (tertiary/aromatic N) is 1. The van der Waals surface area contributed by atoms with Crippen molar-refractivity contribution >= 4 is 11.8 Å². The van der Waals surface area contributed by atoms with Crippen LogP contribution in [0.4, 0.5) is 0 Å². The number of rotatable bonds is 6. The third-order valence-electron chi connectivity index (χ3n) is 3.99. The van der Waals surface area contributed by atoms with Crippen molar-refractivity contribution in [2.75, 3.05) is 6.54 Å². The van der Waals surface area contributed by atoms with E-state index in [1.54, 1.807) is 11.8 Å². The lowest BCUT2D eigenvalue weighted by atomic mass is 9.90. The third-order valence-corrected chi connectivity index (χ3v) is 3.99. The highest BCUT2D eigenvalue weighted by Crippen LogP contribution is 2.25. The molecule has 4 nitrogen and oxygen atoms in total. The summed E-state index contributed by atoms with van der Waals surface area (Å²) in [6.45, 7) is 8.45. The van der Waals surface area contributed by atoms with Crippen LogP contribution in [0.25, 0.3) is 0 Å². The first kappa shape index (κ1) is 15.0. The van der Waals surface area contributed by atoms with E-state index < -0.39 is 5.54 Å². The minimum atomic E-state index is -0.671. The first-order chi connectivity index (χ1) is 8.47. The van der Waals surface area contributed by atoms with Crippen LogP contribution in [0.1, 0.15) is 59.8 Å². The van der Waals surface area contributed by atoms with Crippen molar-refractivity contribution in [1.29, 1.82) is 0 Å². The maximum absolute atomic E-state index is 12.2. The van der Waals surface area contributed by atoms with Gasteiger partial charge in [-0.2, -0.15) is 0 Å². The first-order valence-electron chi connectivity index (χ1n) is 7.09. The first-order valence-corrected chi connectivity index (χ1v) is 7.09. The molecule has 0 saturated carbocycles. The Labute approximate surface area is 110 Å². The number of piperazine rings is 1. The third kappa shape index (κ3) is 2.85. The molecule has 0 radical (unpaired) electrons. The van der Waals surface area contributed by atoms with Crippen LogP contribution in [-0.2, 0) is 9.59 Å². The van der Waals surface area contributed by atoms with E-state index in [9.17, 15) is 9.59 Å². The molecule has 0 aliphatic carbocycles. The van der Waals surface area contributed by atoms with Gasteiger partial charge in [-0.05, 0) is 26.7 Å². The molecule has 1 aliphatic heterocycles. The van der Waals surface area contributed by atoms with Gasteiger partial charge in [-0.3, -0.25) is 9.59 Å². The maximum atomic E-state index is 12.2. The molecule has 1 rings (SSSR count). The predicted octanol–water partition coefficient (Wildman–Crippen LogP) is 2.08. The number of nitrogens with one attached hydrogen (secondary N) is 1. The van der Waals surface area contributed by atoms with Gasteiger partial charge in [0.2, 0.25) is 11.8 Å². The van der Waals surface area contributed by atoms with E-state index in [0.29, 0.717) is 13.0 Å². The zero-order valence-corrected chi connectivity index (χ0v) is 12.1. The van der Waals surface area contributed by atoms with Crippen LogP contribution < -0.4 is 5.32 Å². The second kappa shape index (κ2) is 6.21. The molecule has 1 fully saturated rings. The Morgan fingerprint density at radius 3 is 2.44 bits per heavy atom. The second-order valence-electron chi connectivity index (χ2n) is 5.37. The number of carbonyl (C=O) groups is 2. The molecule has 0 aromatic rings. The highest BCUT2D eigenvalue weighted by Gasteiger charge is 2.46. The van der Waals surface area contributed by atoms with Gasteiger partial charge >= 0.3 is 0 Å². The summed E-state index contributed by atoms with van der Waals surface area (Å²) in [5.41, 5.74) is -0.671. The number of hydrogen-bond acceptors (Lipinski definition) is 2. The topological polar surface area (TPSA) is 49.4 Å². The van der Waals surface area contributed by atoms with Crippen molar-refractivity contribution in [3.8, 4) is 0 Å². The van der Waals surface area contributed by atoms with Gasteiger partial charge in [0.15, 0.2) is 0 Å². The van der Waals surface area contributed by atoms with Crippen LogP contribution >= 0.6 is 0 Å². The Bertz CT molecular complexity index is 317. The fourth-order valence-electron chi connectivity index (χ4n) is 2.42. The number of carbonyl (C=O) groups excluding carboxylic acids is 2. The molecule has 0 bridgehead atoms. The van der Waals surface area contributed by atoms with Crippen LogP contribution in [0.5, 0.6) is 0 Å². The minimum absolute atomic E-state index is 0.0207. The van der Waals surface area contributed by atoms with Gasteiger partial charge in [0.1, 0.15) is 11.6 Å².